The van der Waals surface area contributed by atoms with Crippen molar-refractivity contribution >= 4 is 39.5 Å². The fourth-order valence-electron chi connectivity index (χ4n) is 11.5. The Labute approximate surface area is 592 Å². The summed E-state index contributed by atoms with van der Waals surface area (Å²) in [5, 5.41) is 10.6. The minimum Gasteiger partial charge on any atom is -0.462 e. The first-order valence-electron chi connectivity index (χ1n) is 39.8. The van der Waals surface area contributed by atoms with E-state index in [0.29, 0.717) is 25.7 Å². The average molecular weight is 1420 g/mol. The van der Waals surface area contributed by atoms with E-state index in [0.717, 1.165) is 121 Å². The summed E-state index contributed by atoms with van der Waals surface area (Å²) in [5.41, 5.74) is 0. The smallest absolute Gasteiger partial charge is 0.462 e. The van der Waals surface area contributed by atoms with E-state index in [-0.39, 0.29) is 25.7 Å². The number of hydrogen-bond donors (Lipinski definition) is 3. The van der Waals surface area contributed by atoms with Crippen molar-refractivity contribution < 1.29 is 80.2 Å². The molecule has 3 N–H and O–H groups in total. The topological polar surface area (TPSA) is 237 Å². The van der Waals surface area contributed by atoms with E-state index in [4.69, 9.17) is 37.0 Å². The summed E-state index contributed by atoms with van der Waals surface area (Å²) in [7, 11) is -9.92. The van der Waals surface area contributed by atoms with E-state index in [1.165, 1.54) is 180 Å². The van der Waals surface area contributed by atoms with Gasteiger partial charge >= 0.3 is 39.5 Å². The maximum Gasteiger partial charge on any atom is 0.472 e. The summed E-state index contributed by atoms with van der Waals surface area (Å²) in [6.07, 6.45) is 60.4. The molecule has 97 heavy (non-hydrogen) atoms. The normalized spacial score (nSPS) is 14.1. The average Bonchev–Trinajstić information content (AvgIpc) is 1.03. The molecule has 572 valence electrons. The highest BCUT2D eigenvalue weighted by atomic mass is 31.2. The highest BCUT2D eigenvalue weighted by molar-refractivity contribution is 7.47. The Hall–Kier alpha value is -2.46. The van der Waals surface area contributed by atoms with Gasteiger partial charge in [0.05, 0.1) is 26.4 Å². The summed E-state index contributed by atoms with van der Waals surface area (Å²) < 4.78 is 68.5. The van der Waals surface area contributed by atoms with E-state index in [9.17, 15) is 43.2 Å². The molecule has 0 rings (SSSR count). The number of phosphoric acid groups is 2. The lowest BCUT2D eigenvalue weighted by molar-refractivity contribution is -0.161. The zero-order chi connectivity index (χ0) is 71.4. The minimum atomic E-state index is -4.97. The maximum absolute atomic E-state index is 13.1. The summed E-state index contributed by atoms with van der Waals surface area (Å²) in [6.45, 7) is 9.55. The Kier molecular flexibility index (Phi) is 67.5. The van der Waals surface area contributed by atoms with Crippen LogP contribution in [0.3, 0.4) is 0 Å². The number of unbranched alkanes of at least 4 members (excludes halogenated alkanes) is 42. The Balaban J connectivity index is 5.27. The molecule has 0 spiro atoms. The molecule has 17 nitrogen and oxygen atoms in total. The van der Waals surface area contributed by atoms with Crippen molar-refractivity contribution in [2.75, 3.05) is 39.6 Å². The molecule has 0 radical (unpaired) electrons. The van der Waals surface area contributed by atoms with Crippen molar-refractivity contribution in [1.82, 2.24) is 0 Å². The van der Waals surface area contributed by atoms with Crippen molar-refractivity contribution in [3.05, 3.63) is 24.3 Å². The van der Waals surface area contributed by atoms with Gasteiger partial charge in [0.15, 0.2) is 12.2 Å². The van der Waals surface area contributed by atoms with Gasteiger partial charge in [-0.2, -0.15) is 0 Å². The molecule has 2 unspecified atom stereocenters. The highest BCUT2D eigenvalue weighted by Gasteiger charge is 2.30. The van der Waals surface area contributed by atoms with Crippen molar-refractivity contribution in [1.29, 1.82) is 0 Å². The third kappa shape index (κ3) is 71.7. The molecule has 0 aliphatic heterocycles. The number of carbonyl (C=O) groups excluding carboxylic acids is 4. The summed E-state index contributed by atoms with van der Waals surface area (Å²) in [5.74, 6) is -0.586. The van der Waals surface area contributed by atoms with Gasteiger partial charge in [-0.1, -0.05) is 329 Å². The molecule has 0 saturated heterocycles. The highest BCUT2D eigenvalue weighted by Crippen LogP contribution is 2.45. The van der Waals surface area contributed by atoms with Crippen LogP contribution in [0.5, 0.6) is 0 Å². The van der Waals surface area contributed by atoms with Gasteiger partial charge in [-0.3, -0.25) is 37.3 Å². The van der Waals surface area contributed by atoms with Crippen molar-refractivity contribution in [3.63, 3.8) is 0 Å². The van der Waals surface area contributed by atoms with Gasteiger partial charge in [-0.05, 0) is 63.2 Å². The van der Waals surface area contributed by atoms with Gasteiger partial charge in [0, 0.05) is 25.7 Å². The fourth-order valence-corrected chi connectivity index (χ4v) is 13.0. The molecule has 0 aromatic heterocycles. The Bertz CT molecular complexity index is 1970. The summed E-state index contributed by atoms with van der Waals surface area (Å²) in [6, 6.07) is 0. The summed E-state index contributed by atoms with van der Waals surface area (Å²) in [4.78, 5) is 72.8. The molecule has 0 saturated carbocycles. The molecule has 0 amide bonds. The van der Waals surface area contributed by atoms with Crippen LogP contribution in [0.25, 0.3) is 0 Å². The van der Waals surface area contributed by atoms with E-state index < -0.39 is 97.5 Å². The molecule has 0 aromatic rings. The number of esters is 4. The molecule has 5 atom stereocenters. The van der Waals surface area contributed by atoms with Gasteiger partial charge in [0.1, 0.15) is 19.3 Å². The van der Waals surface area contributed by atoms with Gasteiger partial charge < -0.3 is 33.8 Å². The first kappa shape index (κ1) is 94.5. The van der Waals surface area contributed by atoms with E-state index >= 15 is 0 Å². The van der Waals surface area contributed by atoms with E-state index in [1.807, 2.05) is 0 Å². The number of hydrogen-bond acceptors (Lipinski definition) is 15. The fraction of sp³-hybridized carbons (Fsp3) is 0.897. The van der Waals surface area contributed by atoms with Crippen LogP contribution >= 0.6 is 15.6 Å². The molecular formula is C78H148O17P2. The first-order chi connectivity index (χ1) is 46.9. The predicted octanol–water partition coefficient (Wildman–Crippen LogP) is 22.7. The van der Waals surface area contributed by atoms with Gasteiger partial charge in [-0.15, -0.1) is 0 Å². The molecule has 19 heteroatoms. The Morgan fingerprint density at radius 2 is 0.557 bits per heavy atom. The zero-order valence-corrected chi connectivity index (χ0v) is 64.7. The number of phosphoric ester groups is 2. The van der Waals surface area contributed by atoms with Gasteiger partial charge in [0.2, 0.25) is 0 Å². The third-order valence-corrected chi connectivity index (χ3v) is 19.5. The molecule has 0 aliphatic carbocycles. The second-order valence-corrected chi connectivity index (χ2v) is 31.3. The zero-order valence-electron chi connectivity index (χ0n) is 62.9. The number of aliphatic hydroxyl groups excluding tert-OH is 1. The first-order valence-corrected chi connectivity index (χ1v) is 42.8. The molecule has 0 aliphatic rings. The summed E-state index contributed by atoms with van der Waals surface area (Å²) >= 11 is 0. The lowest BCUT2D eigenvalue weighted by Gasteiger charge is -2.21. The van der Waals surface area contributed by atoms with E-state index in [2.05, 4.69) is 65.8 Å². The monoisotopic (exact) mass is 1420 g/mol. The lowest BCUT2D eigenvalue weighted by Crippen LogP contribution is -2.30. The number of carbonyl (C=O) groups is 4. The van der Waals surface area contributed by atoms with Crippen molar-refractivity contribution in [2.24, 2.45) is 11.8 Å². The second-order valence-electron chi connectivity index (χ2n) is 28.4. The number of ether oxygens (including phenoxy) is 4. The van der Waals surface area contributed by atoms with Crippen molar-refractivity contribution in [2.45, 2.75) is 400 Å². The van der Waals surface area contributed by atoms with Crippen LogP contribution < -0.4 is 0 Å². The van der Waals surface area contributed by atoms with Gasteiger partial charge in [-0.25, -0.2) is 9.13 Å². The minimum absolute atomic E-state index is 0.101. The standard InChI is InChI=1S/C78H148O17P2/c1-7-9-11-13-15-17-19-20-23-27-30-37-43-49-55-61-76(81)89-67-74(94-77(82)62-56-50-44-38-31-28-25-22-21-24-26-29-34-40-46-52-58-70(3)4)69-93-97(86,87)91-65-72(79)64-90-96(84,85)92-68-73(66-88-75(80)60-54-48-42-36-18-16-14-12-10-8-2)95-78(83)63-57-51-45-39-33-32-35-41-47-53-59-71(5)6/h17,19-20,23,70-74,79H,7-16,18,21-22,24-69H2,1-6H3,(H,84,85)(H,86,87)/b19-17-,23-20-/t72-,73+,74+/m0/s1. The number of allylic oxidation sites excluding steroid dienone is 4. The quantitative estimate of drug-likeness (QED) is 0.0169. The lowest BCUT2D eigenvalue weighted by atomic mass is 10.0. The van der Waals surface area contributed by atoms with Crippen LogP contribution in [0, 0.1) is 11.8 Å². The van der Waals surface area contributed by atoms with E-state index in [1.54, 1.807) is 0 Å². The van der Waals surface area contributed by atoms with Crippen LogP contribution in [0.1, 0.15) is 382 Å². The van der Waals surface area contributed by atoms with Crippen LogP contribution in [0.2, 0.25) is 0 Å². The Morgan fingerprint density at radius 3 is 0.845 bits per heavy atom. The molecule has 0 bridgehead atoms. The predicted molar refractivity (Wildman–Crippen MR) is 395 cm³/mol. The van der Waals surface area contributed by atoms with Crippen LogP contribution in [-0.2, 0) is 65.4 Å². The molecule has 0 fully saturated rings. The molecular weight excluding hydrogens is 1270 g/mol. The van der Waals surface area contributed by atoms with Crippen LogP contribution in [-0.4, -0.2) is 96.7 Å². The Morgan fingerprint density at radius 1 is 0.320 bits per heavy atom. The van der Waals surface area contributed by atoms with Crippen LogP contribution in [0.15, 0.2) is 24.3 Å². The number of aliphatic hydroxyl groups is 1. The van der Waals surface area contributed by atoms with Gasteiger partial charge in [0.25, 0.3) is 0 Å². The maximum atomic E-state index is 13.1. The second kappa shape index (κ2) is 69.3. The number of rotatable bonds is 75. The van der Waals surface area contributed by atoms with Crippen molar-refractivity contribution in [3.8, 4) is 0 Å². The SMILES string of the molecule is CCCCCC/C=C\C=C/CCCCCCCC(=O)OC[C@H](COP(=O)(O)OC[C@@H](O)COP(=O)(O)OC[C@@H](COC(=O)CCCCCCCCCCCC)OC(=O)CCCCCCCCCCCCC(C)C)OC(=O)CCCCCCCCCCCCCCCCCCC(C)C. The largest absolute Gasteiger partial charge is 0.472 e. The molecule has 0 aromatic carbocycles. The third-order valence-electron chi connectivity index (χ3n) is 17.6. The molecule has 0 heterocycles. The van der Waals surface area contributed by atoms with Crippen LogP contribution in [0.4, 0.5) is 0 Å².